The van der Waals surface area contributed by atoms with Crippen LogP contribution in [0.2, 0.25) is 0 Å². The molecule has 3 aliphatic heterocycles. The van der Waals surface area contributed by atoms with E-state index in [2.05, 4.69) is 25.2 Å². The van der Waals surface area contributed by atoms with E-state index in [1.54, 1.807) is 0 Å². The molecule has 3 rings (SSSR count). The van der Waals surface area contributed by atoms with Crippen LogP contribution < -0.4 is 0 Å². The van der Waals surface area contributed by atoms with Gasteiger partial charge in [0.05, 0.1) is 32.6 Å². The van der Waals surface area contributed by atoms with Crippen LogP contribution in [0.5, 0.6) is 0 Å². The fraction of sp³-hybridized carbons (Fsp3) is 0.786. The molecule has 98 valence electrons. The number of rotatable bonds is 1. The van der Waals surface area contributed by atoms with Gasteiger partial charge in [-0.15, -0.1) is 6.42 Å². The molecular formula is C14H21N2O2+. The van der Waals surface area contributed by atoms with E-state index >= 15 is 0 Å². The van der Waals surface area contributed by atoms with Gasteiger partial charge in [-0.1, -0.05) is 11.1 Å². The summed E-state index contributed by atoms with van der Waals surface area (Å²) in [5, 5.41) is 4.09. The molecule has 0 saturated carbocycles. The van der Waals surface area contributed by atoms with Gasteiger partial charge in [-0.3, -0.25) is 0 Å². The van der Waals surface area contributed by atoms with Crippen molar-refractivity contribution in [3.05, 3.63) is 0 Å². The molecule has 1 unspecified atom stereocenters. The minimum atomic E-state index is -0.108. The number of ether oxygens (including phenoxy) is 1. The van der Waals surface area contributed by atoms with E-state index in [1.807, 2.05) is 0 Å². The van der Waals surface area contributed by atoms with Crippen molar-refractivity contribution in [3.63, 3.8) is 0 Å². The summed E-state index contributed by atoms with van der Waals surface area (Å²) in [6.07, 6.45) is 10.8. The first-order valence-electron chi connectivity index (χ1n) is 6.70. The number of hydrogen-bond acceptors (Lipinski definition) is 3. The van der Waals surface area contributed by atoms with Gasteiger partial charge in [0.1, 0.15) is 6.61 Å². The molecule has 2 saturated heterocycles. The summed E-state index contributed by atoms with van der Waals surface area (Å²) in [7, 11) is 4.70. The Balaban J connectivity index is 1.69. The zero-order chi connectivity index (χ0) is 12.8. The van der Waals surface area contributed by atoms with Gasteiger partial charge in [-0.05, 0) is 0 Å². The first-order valence-corrected chi connectivity index (χ1v) is 6.70. The minimum Gasteiger partial charge on any atom is -0.465 e. The highest BCUT2D eigenvalue weighted by Crippen LogP contribution is 2.48. The lowest BCUT2D eigenvalue weighted by Gasteiger charge is -2.47. The zero-order valence-electron chi connectivity index (χ0n) is 11.2. The van der Waals surface area contributed by atoms with Gasteiger partial charge in [-0.2, -0.15) is 0 Å². The Morgan fingerprint density at radius 1 is 1.44 bits per heavy atom. The smallest absolute Gasteiger partial charge is 0.230 e. The lowest BCUT2D eigenvalue weighted by molar-refractivity contribution is -0.932. The molecule has 3 aliphatic rings. The standard InChI is InChI=1S/C14H21N2O2/c1-4-7-17-13-10-14(18-15-13)8-11-5-6-12(9-14)16(11,2)3/h1,11-12H,5-10H2,2-3H3/q+1/t11-,12+,14?. The van der Waals surface area contributed by atoms with Crippen molar-refractivity contribution in [1.82, 2.24) is 0 Å². The maximum Gasteiger partial charge on any atom is 0.230 e. The number of piperidine rings is 1. The van der Waals surface area contributed by atoms with Crippen LogP contribution in [-0.4, -0.2) is 48.8 Å². The lowest BCUT2D eigenvalue weighted by atomic mass is 9.82. The van der Waals surface area contributed by atoms with E-state index < -0.39 is 0 Å². The third-order valence-corrected chi connectivity index (χ3v) is 5.07. The Morgan fingerprint density at radius 3 is 2.72 bits per heavy atom. The highest BCUT2D eigenvalue weighted by molar-refractivity contribution is 5.78. The van der Waals surface area contributed by atoms with Crippen molar-refractivity contribution in [2.24, 2.45) is 5.16 Å². The second-order valence-electron chi connectivity index (χ2n) is 6.35. The molecule has 1 spiro atoms. The van der Waals surface area contributed by atoms with Gasteiger partial charge < -0.3 is 14.1 Å². The predicted octanol–water partition coefficient (Wildman–Crippen LogP) is 1.51. The zero-order valence-corrected chi connectivity index (χ0v) is 11.2. The first kappa shape index (κ1) is 11.9. The molecule has 3 atom stereocenters. The molecule has 4 heteroatoms. The van der Waals surface area contributed by atoms with E-state index in [-0.39, 0.29) is 12.2 Å². The quantitative estimate of drug-likeness (QED) is 0.521. The van der Waals surface area contributed by atoms with Gasteiger partial charge in [-0.25, -0.2) is 0 Å². The van der Waals surface area contributed by atoms with Gasteiger partial charge >= 0.3 is 0 Å². The first-order chi connectivity index (χ1) is 8.56. The average Bonchev–Trinajstić information content (AvgIpc) is 2.73. The Kier molecular flexibility index (Phi) is 2.56. The van der Waals surface area contributed by atoms with Crippen LogP contribution in [0.25, 0.3) is 0 Å². The summed E-state index contributed by atoms with van der Waals surface area (Å²) in [6, 6.07) is 1.40. The lowest BCUT2D eigenvalue weighted by Crippen LogP contribution is -2.59. The maximum absolute atomic E-state index is 5.75. The van der Waals surface area contributed by atoms with Crippen LogP contribution in [0, 0.1) is 12.3 Å². The molecule has 0 amide bonds. The molecule has 3 heterocycles. The highest BCUT2D eigenvalue weighted by Gasteiger charge is 2.58. The fourth-order valence-corrected chi connectivity index (χ4v) is 3.87. The summed E-state index contributed by atoms with van der Waals surface area (Å²) >= 11 is 0. The Bertz CT molecular complexity index is 406. The average molecular weight is 249 g/mol. The van der Waals surface area contributed by atoms with Crippen molar-refractivity contribution in [1.29, 1.82) is 0 Å². The molecule has 0 radical (unpaired) electrons. The minimum absolute atomic E-state index is 0.108. The van der Waals surface area contributed by atoms with E-state index in [1.165, 1.54) is 12.8 Å². The number of hydrogen-bond donors (Lipinski definition) is 0. The van der Waals surface area contributed by atoms with E-state index in [0.29, 0.717) is 18.0 Å². The highest BCUT2D eigenvalue weighted by atomic mass is 16.7. The Labute approximate surface area is 109 Å². The molecule has 0 aliphatic carbocycles. The van der Waals surface area contributed by atoms with Crippen LogP contribution in [0.4, 0.5) is 0 Å². The molecule has 0 N–H and O–H groups in total. The van der Waals surface area contributed by atoms with Crippen LogP contribution in [-0.2, 0) is 9.57 Å². The van der Waals surface area contributed by atoms with Gasteiger partial charge in [0.2, 0.25) is 5.90 Å². The van der Waals surface area contributed by atoms with Crippen LogP contribution in [0.3, 0.4) is 0 Å². The topological polar surface area (TPSA) is 30.8 Å². The number of quaternary nitrogens is 1. The number of terminal acetylenes is 1. The van der Waals surface area contributed by atoms with Crippen molar-refractivity contribution >= 4 is 5.90 Å². The van der Waals surface area contributed by atoms with Crippen LogP contribution in [0.1, 0.15) is 32.1 Å². The molecular weight excluding hydrogens is 228 g/mol. The fourth-order valence-electron chi connectivity index (χ4n) is 3.87. The largest absolute Gasteiger partial charge is 0.465 e. The van der Waals surface area contributed by atoms with Crippen molar-refractivity contribution in [2.75, 3.05) is 20.7 Å². The van der Waals surface area contributed by atoms with Crippen LogP contribution >= 0.6 is 0 Å². The van der Waals surface area contributed by atoms with E-state index in [0.717, 1.165) is 23.7 Å². The third kappa shape index (κ3) is 1.69. The molecule has 0 aromatic rings. The molecule has 4 nitrogen and oxygen atoms in total. The van der Waals surface area contributed by atoms with Crippen molar-refractivity contribution < 1.29 is 14.1 Å². The van der Waals surface area contributed by atoms with Crippen molar-refractivity contribution in [2.45, 2.75) is 49.8 Å². The summed E-state index contributed by atoms with van der Waals surface area (Å²) in [5.41, 5.74) is -0.108. The van der Waals surface area contributed by atoms with Gasteiger partial charge in [0.15, 0.2) is 5.60 Å². The predicted molar refractivity (Wildman–Crippen MR) is 68.8 cm³/mol. The maximum atomic E-state index is 5.75. The van der Waals surface area contributed by atoms with Crippen molar-refractivity contribution in [3.8, 4) is 12.3 Å². The summed E-state index contributed by atoms with van der Waals surface area (Å²) in [6.45, 7) is 0.284. The van der Waals surface area contributed by atoms with Gasteiger partial charge in [0, 0.05) is 25.7 Å². The van der Waals surface area contributed by atoms with Gasteiger partial charge in [0.25, 0.3) is 0 Å². The van der Waals surface area contributed by atoms with E-state index in [9.17, 15) is 0 Å². The summed E-state index contributed by atoms with van der Waals surface area (Å²) in [4.78, 5) is 5.75. The normalized spacial score (nSPS) is 40.2. The number of oxime groups is 1. The molecule has 0 aromatic heterocycles. The molecule has 2 fully saturated rings. The SMILES string of the molecule is C#CCOC1=NOC2(C1)C[C@H]1CC[C@@H](C2)[N+]1(C)C. The number of fused-ring (bicyclic) bond motifs is 2. The molecule has 0 aromatic carbocycles. The second-order valence-corrected chi connectivity index (χ2v) is 6.35. The monoisotopic (exact) mass is 249 g/mol. The van der Waals surface area contributed by atoms with Crippen LogP contribution in [0.15, 0.2) is 5.16 Å². The second kappa shape index (κ2) is 3.89. The molecule has 2 bridgehead atoms. The third-order valence-electron chi connectivity index (χ3n) is 5.07. The van der Waals surface area contributed by atoms with E-state index in [4.69, 9.17) is 16.0 Å². The number of nitrogens with zero attached hydrogens (tertiary/aromatic N) is 2. The Morgan fingerprint density at radius 2 is 2.11 bits per heavy atom. The summed E-state index contributed by atoms with van der Waals surface area (Å²) < 4.78 is 6.55. The Hall–Kier alpha value is -1.21. The molecule has 18 heavy (non-hydrogen) atoms. The summed E-state index contributed by atoms with van der Waals surface area (Å²) in [5.74, 6) is 3.15.